The molecule has 6 unspecified atom stereocenters. The molecule has 6 atom stereocenters. The van der Waals surface area contributed by atoms with Crippen LogP contribution in [0.2, 0.25) is 0 Å². The van der Waals surface area contributed by atoms with E-state index in [2.05, 4.69) is 33.0 Å². The maximum atomic E-state index is 12.0. The SMILES string of the molecule is CNCC(=O)OC1CC2(C(C)C)CC3C(C)CCC3C1(C)O2. The van der Waals surface area contributed by atoms with Crippen molar-refractivity contribution in [3.8, 4) is 0 Å². The van der Waals surface area contributed by atoms with Crippen LogP contribution in [0.1, 0.15) is 53.4 Å². The van der Waals surface area contributed by atoms with Gasteiger partial charge in [0.25, 0.3) is 0 Å². The molecular formula is C18H31NO3. The minimum atomic E-state index is -0.304. The number of nitrogens with one attached hydrogen (secondary N) is 1. The third kappa shape index (κ3) is 2.30. The molecule has 3 fully saturated rings. The number of esters is 1. The van der Waals surface area contributed by atoms with E-state index in [-0.39, 0.29) is 29.8 Å². The number of hydrogen-bond donors (Lipinski definition) is 1. The highest BCUT2D eigenvalue weighted by Crippen LogP contribution is 2.62. The van der Waals surface area contributed by atoms with E-state index >= 15 is 0 Å². The average Bonchev–Trinajstić information content (AvgIpc) is 2.90. The molecule has 0 aromatic rings. The zero-order valence-corrected chi connectivity index (χ0v) is 14.6. The van der Waals surface area contributed by atoms with Crippen molar-refractivity contribution in [1.82, 2.24) is 5.32 Å². The molecule has 4 nitrogen and oxygen atoms in total. The van der Waals surface area contributed by atoms with Crippen molar-refractivity contribution in [1.29, 1.82) is 0 Å². The lowest BCUT2D eigenvalue weighted by molar-refractivity contribution is -0.214. The lowest BCUT2D eigenvalue weighted by Gasteiger charge is -2.48. The van der Waals surface area contributed by atoms with Gasteiger partial charge in [-0.15, -0.1) is 0 Å². The standard InChI is InChI=1S/C18H31NO3/c1-11(2)18-8-13-12(3)6-7-14(13)17(4,22-18)15(9-18)21-16(20)10-19-5/h11-15,19H,6-10H2,1-5H3. The van der Waals surface area contributed by atoms with Gasteiger partial charge in [-0.1, -0.05) is 27.2 Å². The minimum absolute atomic E-state index is 0.101. The molecule has 126 valence electrons. The van der Waals surface area contributed by atoms with Crippen LogP contribution in [0.25, 0.3) is 0 Å². The van der Waals surface area contributed by atoms with Gasteiger partial charge in [0.1, 0.15) is 11.7 Å². The van der Waals surface area contributed by atoms with E-state index in [1.54, 1.807) is 7.05 Å². The van der Waals surface area contributed by atoms with E-state index in [0.717, 1.165) is 18.8 Å². The first kappa shape index (κ1) is 16.3. The quantitative estimate of drug-likeness (QED) is 0.811. The molecule has 1 saturated carbocycles. The molecule has 4 heteroatoms. The summed E-state index contributed by atoms with van der Waals surface area (Å²) in [5.74, 6) is 2.30. The summed E-state index contributed by atoms with van der Waals surface area (Å²) in [6.07, 6.45) is 4.37. The molecule has 3 aliphatic rings. The molecule has 0 amide bonds. The Bertz CT molecular complexity index is 452. The molecule has 22 heavy (non-hydrogen) atoms. The van der Waals surface area contributed by atoms with Gasteiger partial charge in [0.05, 0.1) is 12.1 Å². The summed E-state index contributed by atoms with van der Waals surface area (Å²) in [4.78, 5) is 12.0. The Labute approximate surface area is 134 Å². The summed E-state index contributed by atoms with van der Waals surface area (Å²) in [5, 5.41) is 2.88. The number of carbonyl (C=O) groups excluding carboxylic acids is 1. The lowest BCUT2D eigenvalue weighted by atomic mass is 9.72. The summed E-state index contributed by atoms with van der Waals surface area (Å²) >= 11 is 0. The Kier molecular flexibility index (Phi) is 4.05. The van der Waals surface area contributed by atoms with Gasteiger partial charge in [-0.05, 0) is 50.5 Å². The van der Waals surface area contributed by atoms with Crippen LogP contribution in [0.15, 0.2) is 0 Å². The largest absolute Gasteiger partial charge is 0.458 e. The number of likely N-dealkylation sites (N-methyl/N-ethyl adjacent to an activating group) is 1. The molecule has 0 radical (unpaired) electrons. The number of hydrogen-bond acceptors (Lipinski definition) is 4. The smallest absolute Gasteiger partial charge is 0.320 e. The molecule has 2 heterocycles. The molecule has 1 N–H and O–H groups in total. The predicted molar refractivity (Wildman–Crippen MR) is 85.5 cm³/mol. The van der Waals surface area contributed by atoms with E-state index in [9.17, 15) is 4.79 Å². The summed E-state index contributed by atoms with van der Waals surface area (Å²) in [6, 6.07) is 0. The monoisotopic (exact) mass is 309 g/mol. The van der Waals surface area contributed by atoms with Crippen LogP contribution in [-0.2, 0) is 14.3 Å². The van der Waals surface area contributed by atoms with E-state index in [1.807, 2.05) is 0 Å². The summed E-state index contributed by atoms with van der Waals surface area (Å²) < 4.78 is 12.6. The van der Waals surface area contributed by atoms with Crippen LogP contribution < -0.4 is 5.32 Å². The van der Waals surface area contributed by atoms with Crippen molar-refractivity contribution in [2.75, 3.05) is 13.6 Å². The molecular weight excluding hydrogens is 278 g/mol. The van der Waals surface area contributed by atoms with Crippen molar-refractivity contribution in [3.63, 3.8) is 0 Å². The average molecular weight is 309 g/mol. The highest BCUT2D eigenvalue weighted by molar-refractivity contribution is 5.72. The Hall–Kier alpha value is -0.610. The van der Waals surface area contributed by atoms with E-state index < -0.39 is 0 Å². The van der Waals surface area contributed by atoms with Gasteiger partial charge in [-0.2, -0.15) is 0 Å². The molecule has 1 aliphatic carbocycles. The van der Waals surface area contributed by atoms with E-state index in [1.165, 1.54) is 12.8 Å². The molecule has 0 spiro atoms. The van der Waals surface area contributed by atoms with Crippen LogP contribution in [0.5, 0.6) is 0 Å². The third-order valence-electron chi connectivity index (χ3n) is 6.74. The molecule has 2 aliphatic heterocycles. The van der Waals surface area contributed by atoms with Crippen LogP contribution in [0.4, 0.5) is 0 Å². The van der Waals surface area contributed by atoms with Crippen molar-refractivity contribution < 1.29 is 14.3 Å². The van der Waals surface area contributed by atoms with Crippen LogP contribution >= 0.6 is 0 Å². The lowest BCUT2D eigenvalue weighted by Crippen LogP contribution is -2.53. The highest BCUT2D eigenvalue weighted by Gasteiger charge is 2.66. The maximum Gasteiger partial charge on any atom is 0.320 e. The van der Waals surface area contributed by atoms with Gasteiger partial charge >= 0.3 is 5.97 Å². The fraction of sp³-hybridized carbons (Fsp3) is 0.944. The van der Waals surface area contributed by atoms with Crippen molar-refractivity contribution in [3.05, 3.63) is 0 Å². The van der Waals surface area contributed by atoms with Crippen LogP contribution in [-0.4, -0.2) is 36.9 Å². The van der Waals surface area contributed by atoms with Crippen LogP contribution in [0, 0.1) is 23.7 Å². The van der Waals surface area contributed by atoms with Gasteiger partial charge in [0.15, 0.2) is 0 Å². The number of fused-ring (bicyclic) bond motifs is 4. The summed E-state index contributed by atoms with van der Waals surface area (Å²) in [7, 11) is 1.77. The second-order valence-electron chi connectivity index (χ2n) is 8.25. The Balaban J connectivity index is 1.89. The van der Waals surface area contributed by atoms with Gasteiger partial charge < -0.3 is 14.8 Å². The second kappa shape index (κ2) is 5.48. The normalized spacial score (nSPS) is 46.8. The van der Waals surface area contributed by atoms with Gasteiger partial charge in [-0.25, -0.2) is 0 Å². The van der Waals surface area contributed by atoms with E-state index in [4.69, 9.17) is 9.47 Å². The fourth-order valence-electron chi connectivity index (χ4n) is 5.32. The molecule has 2 bridgehead atoms. The third-order valence-corrected chi connectivity index (χ3v) is 6.74. The zero-order valence-electron chi connectivity index (χ0n) is 14.6. The topological polar surface area (TPSA) is 47.6 Å². The van der Waals surface area contributed by atoms with Crippen molar-refractivity contribution in [2.24, 2.45) is 23.7 Å². The molecule has 2 saturated heterocycles. The Morgan fingerprint density at radius 2 is 2.09 bits per heavy atom. The fourth-order valence-corrected chi connectivity index (χ4v) is 5.32. The number of carbonyl (C=O) groups is 1. The number of ether oxygens (including phenoxy) is 2. The van der Waals surface area contributed by atoms with Gasteiger partial charge in [0.2, 0.25) is 0 Å². The summed E-state index contributed by atoms with van der Waals surface area (Å²) in [6.45, 7) is 9.35. The first-order valence-electron chi connectivity index (χ1n) is 8.86. The van der Waals surface area contributed by atoms with E-state index in [0.29, 0.717) is 17.8 Å². The first-order chi connectivity index (χ1) is 10.3. The van der Waals surface area contributed by atoms with Gasteiger partial charge in [-0.3, -0.25) is 4.79 Å². The minimum Gasteiger partial charge on any atom is -0.458 e. The number of rotatable bonds is 4. The molecule has 0 aromatic carbocycles. The molecule has 0 aromatic heterocycles. The van der Waals surface area contributed by atoms with Crippen LogP contribution in [0.3, 0.4) is 0 Å². The maximum absolute atomic E-state index is 12.0. The molecule has 3 rings (SSSR count). The van der Waals surface area contributed by atoms with Gasteiger partial charge in [0, 0.05) is 6.42 Å². The first-order valence-corrected chi connectivity index (χ1v) is 8.86. The van der Waals surface area contributed by atoms with Crippen molar-refractivity contribution >= 4 is 5.97 Å². The summed E-state index contributed by atoms with van der Waals surface area (Å²) in [5.41, 5.74) is -0.416. The Morgan fingerprint density at radius 1 is 1.36 bits per heavy atom. The predicted octanol–water partition coefficient (Wildman–Crippen LogP) is 2.76. The highest BCUT2D eigenvalue weighted by atomic mass is 16.6. The van der Waals surface area contributed by atoms with Crippen molar-refractivity contribution in [2.45, 2.75) is 70.7 Å². The zero-order chi connectivity index (χ0) is 16.1. The second-order valence-corrected chi connectivity index (χ2v) is 8.25. The Morgan fingerprint density at radius 3 is 2.73 bits per heavy atom.